The van der Waals surface area contributed by atoms with Crippen molar-refractivity contribution in [1.82, 2.24) is 4.98 Å². The van der Waals surface area contributed by atoms with Gasteiger partial charge in [0.25, 0.3) is 0 Å². The number of aromatic nitrogens is 1. The third-order valence-electron chi connectivity index (χ3n) is 4.25. The summed E-state index contributed by atoms with van der Waals surface area (Å²) >= 11 is 0. The molecule has 0 N–H and O–H groups in total. The van der Waals surface area contributed by atoms with E-state index in [0.717, 1.165) is 28.8 Å². The largest absolute Gasteiger partial charge is 0.453 e. The van der Waals surface area contributed by atoms with Crippen LogP contribution in [0.25, 0.3) is 33.3 Å². The molecule has 2 aromatic carbocycles. The van der Waals surface area contributed by atoms with Crippen molar-refractivity contribution in [3.63, 3.8) is 0 Å². The highest BCUT2D eigenvalue weighted by atomic mass is 16.3. The van der Waals surface area contributed by atoms with Crippen molar-refractivity contribution < 1.29 is 4.42 Å². The zero-order valence-electron chi connectivity index (χ0n) is 13.0. The summed E-state index contributed by atoms with van der Waals surface area (Å²) in [6, 6.07) is 15.0. The molecule has 0 fully saturated rings. The maximum Gasteiger partial charge on any atom is 0.190 e. The van der Waals surface area contributed by atoms with E-state index in [-0.39, 0.29) is 5.43 Å². The van der Waals surface area contributed by atoms with Gasteiger partial charge in [-0.3, -0.25) is 4.79 Å². The molecular formula is C19H16N2O2. The maximum atomic E-state index is 12.3. The number of fused-ring (bicyclic) bond motifs is 4. The molecule has 4 heteroatoms. The van der Waals surface area contributed by atoms with Crippen LogP contribution in [0, 0.1) is 0 Å². The quantitative estimate of drug-likeness (QED) is 0.416. The highest BCUT2D eigenvalue weighted by Crippen LogP contribution is 2.31. The molecule has 0 saturated heterocycles. The first-order valence-electron chi connectivity index (χ1n) is 7.65. The van der Waals surface area contributed by atoms with Crippen molar-refractivity contribution in [3.8, 4) is 11.5 Å². The van der Waals surface area contributed by atoms with Crippen LogP contribution in [0.15, 0.2) is 57.7 Å². The number of hydrogen-bond acceptors (Lipinski definition) is 4. The zero-order chi connectivity index (χ0) is 16.0. The molecule has 4 rings (SSSR count). The Morgan fingerprint density at radius 1 is 1.09 bits per heavy atom. The van der Waals surface area contributed by atoms with E-state index >= 15 is 0 Å². The molecule has 2 aliphatic rings. The smallest absolute Gasteiger partial charge is 0.190 e. The van der Waals surface area contributed by atoms with Crippen LogP contribution in [-0.4, -0.2) is 18.6 Å². The van der Waals surface area contributed by atoms with Crippen molar-refractivity contribution >= 4 is 27.6 Å². The summed E-state index contributed by atoms with van der Waals surface area (Å²) in [5, 5.41) is 1.50. The van der Waals surface area contributed by atoms with Crippen LogP contribution in [0.4, 0.5) is 5.69 Å². The molecular weight excluding hydrogens is 288 g/mol. The first-order chi connectivity index (χ1) is 11.2. The highest BCUT2D eigenvalue weighted by molar-refractivity contribution is 5.96. The van der Waals surface area contributed by atoms with Gasteiger partial charge in [0.2, 0.25) is 0 Å². The van der Waals surface area contributed by atoms with E-state index in [1.165, 1.54) is 6.07 Å². The van der Waals surface area contributed by atoms with Gasteiger partial charge in [-0.25, -0.2) is 4.98 Å². The number of rotatable bonds is 2. The molecule has 0 saturated carbocycles. The molecule has 1 heterocycles. The van der Waals surface area contributed by atoms with Crippen molar-refractivity contribution in [1.29, 1.82) is 0 Å². The molecule has 0 spiro atoms. The monoisotopic (exact) mass is 304 g/mol. The first-order valence-corrected chi connectivity index (χ1v) is 7.65. The fourth-order valence-electron chi connectivity index (χ4n) is 2.83. The van der Waals surface area contributed by atoms with Gasteiger partial charge in [-0.15, -0.1) is 0 Å². The molecule has 4 nitrogen and oxygen atoms in total. The van der Waals surface area contributed by atoms with Crippen LogP contribution >= 0.6 is 0 Å². The zero-order valence-corrected chi connectivity index (χ0v) is 13.0. The molecule has 1 aliphatic carbocycles. The average molecular weight is 304 g/mol. The van der Waals surface area contributed by atoms with Gasteiger partial charge >= 0.3 is 0 Å². The Morgan fingerprint density at radius 3 is 2.65 bits per heavy atom. The van der Waals surface area contributed by atoms with Gasteiger partial charge in [-0.2, -0.15) is 0 Å². The number of benzene rings is 3. The molecule has 0 aromatic heterocycles. The second kappa shape index (κ2) is 5.09. The normalized spacial score (nSPS) is 11.4. The Bertz CT molecular complexity index is 1050. The van der Waals surface area contributed by atoms with Gasteiger partial charge in [0.05, 0.1) is 0 Å². The van der Waals surface area contributed by atoms with Crippen molar-refractivity contribution in [2.45, 2.75) is 6.92 Å². The van der Waals surface area contributed by atoms with Crippen LogP contribution in [0.3, 0.4) is 0 Å². The summed E-state index contributed by atoms with van der Waals surface area (Å²) < 4.78 is 5.98. The Hall–Kier alpha value is -2.88. The number of nitrogens with zero attached hydrogens (tertiary/aromatic N) is 2. The topological polar surface area (TPSA) is 46.3 Å². The SMILES string of the molecule is CCN(C)c1ccc2nc3c4ccccc4c(=O)cc-3oc2c1. The van der Waals surface area contributed by atoms with Crippen molar-refractivity contribution in [2.24, 2.45) is 0 Å². The molecule has 0 bridgehead atoms. The standard InChI is InChI=1S/C19H16N2O2/c1-3-21(2)12-8-9-15-17(10-12)23-18-11-16(22)13-6-4-5-7-14(13)19(18)20-15/h4-11H,3H2,1-2H3. The van der Waals surface area contributed by atoms with E-state index in [1.807, 2.05) is 49.5 Å². The molecule has 0 radical (unpaired) electrons. The molecule has 0 atom stereocenters. The Labute approximate surface area is 133 Å². The van der Waals surface area contributed by atoms with E-state index in [4.69, 9.17) is 9.40 Å². The molecule has 1 aliphatic heterocycles. The van der Waals surface area contributed by atoms with E-state index in [1.54, 1.807) is 0 Å². The second-order valence-corrected chi connectivity index (χ2v) is 5.65. The predicted octanol–water partition coefficient (Wildman–Crippen LogP) is 3.90. The van der Waals surface area contributed by atoms with Crippen LogP contribution in [-0.2, 0) is 0 Å². The third-order valence-corrected chi connectivity index (χ3v) is 4.25. The predicted molar refractivity (Wildman–Crippen MR) is 93.4 cm³/mol. The average Bonchev–Trinajstić information content (AvgIpc) is 2.59. The molecule has 0 unspecified atom stereocenters. The first kappa shape index (κ1) is 13.8. The fourth-order valence-corrected chi connectivity index (χ4v) is 2.83. The van der Waals surface area contributed by atoms with Gasteiger partial charge in [0.1, 0.15) is 11.2 Å². The second-order valence-electron chi connectivity index (χ2n) is 5.65. The molecule has 23 heavy (non-hydrogen) atoms. The summed E-state index contributed by atoms with van der Waals surface area (Å²) in [5.41, 5.74) is 3.22. The minimum atomic E-state index is -0.0418. The van der Waals surface area contributed by atoms with E-state index in [2.05, 4.69) is 11.8 Å². The molecule has 0 amide bonds. The van der Waals surface area contributed by atoms with Crippen LogP contribution in [0.5, 0.6) is 0 Å². The summed E-state index contributed by atoms with van der Waals surface area (Å²) in [6.07, 6.45) is 0. The van der Waals surface area contributed by atoms with Crippen LogP contribution in [0.2, 0.25) is 0 Å². The third kappa shape index (κ3) is 2.14. The lowest BCUT2D eigenvalue weighted by atomic mass is 10.0. The van der Waals surface area contributed by atoms with Crippen LogP contribution in [0.1, 0.15) is 6.92 Å². The minimum Gasteiger partial charge on any atom is -0.453 e. The fraction of sp³-hybridized carbons (Fsp3) is 0.158. The van der Waals surface area contributed by atoms with Gasteiger partial charge in [-0.1, -0.05) is 24.3 Å². The summed E-state index contributed by atoms with van der Waals surface area (Å²) in [5.74, 6) is 0.525. The van der Waals surface area contributed by atoms with Gasteiger partial charge in [0, 0.05) is 42.2 Å². The van der Waals surface area contributed by atoms with Crippen molar-refractivity contribution in [3.05, 3.63) is 58.8 Å². The lowest BCUT2D eigenvalue weighted by Crippen LogP contribution is -2.15. The maximum absolute atomic E-state index is 12.3. The Morgan fingerprint density at radius 2 is 1.87 bits per heavy atom. The lowest BCUT2D eigenvalue weighted by molar-refractivity contribution is 0.614. The van der Waals surface area contributed by atoms with E-state index in [0.29, 0.717) is 16.7 Å². The summed E-state index contributed by atoms with van der Waals surface area (Å²) in [6.45, 7) is 3.00. The summed E-state index contributed by atoms with van der Waals surface area (Å²) in [7, 11) is 2.03. The van der Waals surface area contributed by atoms with Crippen molar-refractivity contribution in [2.75, 3.05) is 18.5 Å². The van der Waals surface area contributed by atoms with Gasteiger partial charge in [0.15, 0.2) is 16.8 Å². The highest BCUT2D eigenvalue weighted by Gasteiger charge is 2.15. The van der Waals surface area contributed by atoms with E-state index in [9.17, 15) is 4.79 Å². The minimum absolute atomic E-state index is 0.0418. The van der Waals surface area contributed by atoms with E-state index < -0.39 is 0 Å². The summed E-state index contributed by atoms with van der Waals surface area (Å²) in [4.78, 5) is 19.1. The van der Waals surface area contributed by atoms with Gasteiger partial charge in [-0.05, 0) is 19.1 Å². The Kier molecular flexibility index (Phi) is 3.05. The number of hydrogen-bond donors (Lipinski definition) is 0. The van der Waals surface area contributed by atoms with Gasteiger partial charge < -0.3 is 9.32 Å². The van der Waals surface area contributed by atoms with Crippen LogP contribution < -0.4 is 10.3 Å². The molecule has 2 aromatic rings. The number of anilines is 1. The lowest BCUT2D eigenvalue weighted by Gasteiger charge is -2.17. The molecule has 114 valence electrons. The Balaban J connectivity index is 2.07.